The van der Waals surface area contributed by atoms with E-state index in [4.69, 9.17) is 4.74 Å². The lowest BCUT2D eigenvalue weighted by molar-refractivity contribution is -0.119. The van der Waals surface area contributed by atoms with Crippen molar-refractivity contribution in [2.45, 2.75) is 45.6 Å². The number of carbonyl (C=O) groups is 1. The molecule has 1 atom stereocenters. The molecule has 0 fully saturated rings. The fraction of sp³-hybridized carbons (Fsp3) is 0.400. The Bertz CT molecular complexity index is 1070. The molecule has 0 radical (unpaired) electrons. The molecule has 7 nitrogen and oxygen atoms in total. The molecule has 0 bridgehead atoms. The van der Waals surface area contributed by atoms with Gasteiger partial charge in [0.15, 0.2) is 4.83 Å². The Morgan fingerprint density at radius 2 is 2.04 bits per heavy atom. The lowest BCUT2D eigenvalue weighted by atomic mass is 9.97. The van der Waals surface area contributed by atoms with E-state index in [1.165, 1.54) is 9.56 Å². The number of hydrogen-bond acceptors (Lipinski definition) is 6. The van der Waals surface area contributed by atoms with Crippen molar-refractivity contribution < 1.29 is 9.53 Å². The number of carbonyl (C=O) groups excluding carboxylic acids is 1. The van der Waals surface area contributed by atoms with Crippen LogP contribution in [-0.4, -0.2) is 27.5 Å². The van der Waals surface area contributed by atoms with E-state index in [1.807, 2.05) is 6.92 Å². The van der Waals surface area contributed by atoms with Crippen molar-refractivity contribution in [3.63, 3.8) is 0 Å². The number of nitrogens with zero attached hydrogens (tertiary/aromatic N) is 3. The summed E-state index contributed by atoms with van der Waals surface area (Å²) in [5.74, 6) is 0.423. The Kier molecular flexibility index (Phi) is 5.13. The van der Waals surface area contributed by atoms with E-state index in [9.17, 15) is 9.59 Å². The maximum Gasteiger partial charge on any atom is 0.279 e. The zero-order valence-electron chi connectivity index (χ0n) is 15.9. The zero-order valence-corrected chi connectivity index (χ0v) is 16.7. The molecule has 1 aliphatic rings. The second-order valence-corrected chi connectivity index (χ2v) is 7.94. The van der Waals surface area contributed by atoms with E-state index in [0.29, 0.717) is 22.5 Å². The Balaban J connectivity index is 1.59. The van der Waals surface area contributed by atoms with Crippen LogP contribution in [0, 0.1) is 0 Å². The molecule has 1 aromatic carbocycles. The average molecular weight is 398 g/mol. The van der Waals surface area contributed by atoms with E-state index in [0.717, 1.165) is 37.0 Å². The number of hydrogen-bond donors (Lipinski definition) is 1. The summed E-state index contributed by atoms with van der Waals surface area (Å²) in [4.78, 5) is 27.6. The molecule has 0 saturated carbocycles. The van der Waals surface area contributed by atoms with Gasteiger partial charge in [-0.25, -0.2) is 0 Å². The number of ether oxygens (including phenoxy) is 1. The Labute approximate surface area is 166 Å². The molecule has 2 heterocycles. The Hall–Kier alpha value is -2.74. The van der Waals surface area contributed by atoms with Crippen LogP contribution in [-0.2, 0) is 17.6 Å². The quantitative estimate of drug-likeness (QED) is 0.712. The molecule has 1 amide bonds. The molecule has 0 spiro atoms. The Morgan fingerprint density at radius 3 is 2.79 bits per heavy atom. The first kappa shape index (κ1) is 18.6. The fourth-order valence-electron chi connectivity index (χ4n) is 3.50. The summed E-state index contributed by atoms with van der Waals surface area (Å²) in [6.07, 6.45) is 4.10. The third-order valence-corrected chi connectivity index (χ3v) is 6.16. The fourth-order valence-corrected chi connectivity index (χ4v) is 4.70. The SMILES string of the molecule is CCOc1ccc(NC(=O)[C@H](C)n2nnc3sc4c(c3c2=O)CCCC4)cc1. The normalized spacial score (nSPS) is 14.5. The number of aromatic nitrogens is 3. The van der Waals surface area contributed by atoms with Gasteiger partial charge in [-0.05, 0) is 69.4 Å². The third kappa shape index (κ3) is 3.40. The van der Waals surface area contributed by atoms with E-state index in [-0.39, 0.29) is 11.5 Å². The molecule has 0 aliphatic heterocycles. The number of fused-ring (bicyclic) bond motifs is 3. The largest absolute Gasteiger partial charge is 0.494 e. The van der Waals surface area contributed by atoms with Crippen molar-refractivity contribution in [1.82, 2.24) is 15.0 Å². The lowest BCUT2D eigenvalue weighted by Gasteiger charge is -2.14. The topological polar surface area (TPSA) is 86.1 Å². The molecule has 28 heavy (non-hydrogen) atoms. The van der Waals surface area contributed by atoms with E-state index in [2.05, 4.69) is 15.6 Å². The number of anilines is 1. The predicted octanol–water partition coefficient (Wildman–Crippen LogP) is 3.33. The minimum Gasteiger partial charge on any atom is -0.494 e. The first-order chi connectivity index (χ1) is 13.6. The van der Waals surface area contributed by atoms with Gasteiger partial charge in [-0.2, -0.15) is 4.68 Å². The number of rotatable bonds is 5. The van der Waals surface area contributed by atoms with Gasteiger partial charge >= 0.3 is 0 Å². The summed E-state index contributed by atoms with van der Waals surface area (Å²) in [6, 6.07) is 6.35. The summed E-state index contributed by atoms with van der Waals surface area (Å²) >= 11 is 1.55. The minimum atomic E-state index is -0.768. The predicted molar refractivity (Wildman–Crippen MR) is 109 cm³/mol. The monoisotopic (exact) mass is 398 g/mol. The first-order valence-corrected chi connectivity index (χ1v) is 10.3. The minimum absolute atomic E-state index is 0.237. The van der Waals surface area contributed by atoms with Crippen molar-refractivity contribution in [2.75, 3.05) is 11.9 Å². The number of aryl methyl sites for hydroxylation is 2. The summed E-state index contributed by atoms with van der Waals surface area (Å²) in [7, 11) is 0. The van der Waals surface area contributed by atoms with Crippen LogP contribution in [0.3, 0.4) is 0 Å². The van der Waals surface area contributed by atoms with Gasteiger partial charge in [-0.3, -0.25) is 9.59 Å². The van der Waals surface area contributed by atoms with Crippen molar-refractivity contribution in [1.29, 1.82) is 0 Å². The summed E-state index contributed by atoms with van der Waals surface area (Å²) in [5, 5.41) is 11.7. The molecule has 1 N–H and O–H groups in total. The second-order valence-electron chi connectivity index (χ2n) is 6.85. The van der Waals surface area contributed by atoms with Gasteiger partial charge < -0.3 is 10.1 Å². The molecule has 0 unspecified atom stereocenters. The van der Waals surface area contributed by atoms with Crippen molar-refractivity contribution in [2.24, 2.45) is 0 Å². The van der Waals surface area contributed by atoms with Crippen LogP contribution >= 0.6 is 11.3 Å². The molecular formula is C20H22N4O3S. The van der Waals surface area contributed by atoms with Gasteiger partial charge in [0, 0.05) is 10.6 Å². The third-order valence-electron chi connectivity index (χ3n) is 4.99. The van der Waals surface area contributed by atoms with Gasteiger partial charge in [0.2, 0.25) is 5.91 Å². The highest BCUT2D eigenvalue weighted by Gasteiger charge is 2.24. The van der Waals surface area contributed by atoms with Crippen LogP contribution < -0.4 is 15.6 Å². The van der Waals surface area contributed by atoms with Crippen molar-refractivity contribution in [3.05, 3.63) is 45.1 Å². The molecule has 8 heteroatoms. The van der Waals surface area contributed by atoms with Gasteiger partial charge in [-0.15, -0.1) is 16.4 Å². The van der Waals surface area contributed by atoms with Gasteiger partial charge in [0.05, 0.1) is 12.0 Å². The summed E-state index contributed by atoms with van der Waals surface area (Å²) < 4.78 is 6.59. The van der Waals surface area contributed by atoms with Crippen LogP contribution in [0.15, 0.2) is 29.1 Å². The van der Waals surface area contributed by atoms with Crippen molar-refractivity contribution in [3.8, 4) is 5.75 Å². The molecule has 0 saturated heterocycles. The molecule has 4 rings (SSSR count). The molecule has 1 aliphatic carbocycles. The van der Waals surface area contributed by atoms with Crippen LogP contribution in [0.2, 0.25) is 0 Å². The first-order valence-electron chi connectivity index (χ1n) is 9.52. The number of thiophene rings is 1. The summed E-state index contributed by atoms with van der Waals surface area (Å²) in [5.41, 5.74) is 1.49. The number of nitrogens with one attached hydrogen (secondary N) is 1. The molecule has 2 aromatic heterocycles. The summed E-state index contributed by atoms with van der Waals surface area (Å²) in [6.45, 7) is 4.15. The second kappa shape index (κ2) is 7.71. The standard InChI is InChI=1S/C20H22N4O3S/c1-3-27-14-10-8-13(9-11-14)21-18(25)12(2)24-20(26)17-15-6-4-5-7-16(15)28-19(17)22-23-24/h8-12H,3-7H2,1-2H3,(H,21,25)/t12-/m0/s1. The van der Waals surface area contributed by atoms with Gasteiger partial charge in [0.1, 0.15) is 11.8 Å². The molecule has 3 aromatic rings. The van der Waals surface area contributed by atoms with E-state index < -0.39 is 6.04 Å². The van der Waals surface area contributed by atoms with E-state index >= 15 is 0 Å². The molecular weight excluding hydrogens is 376 g/mol. The molecule has 146 valence electrons. The van der Waals surface area contributed by atoms with Gasteiger partial charge in [-0.1, -0.05) is 5.21 Å². The average Bonchev–Trinajstić information content (AvgIpc) is 3.09. The maximum atomic E-state index is 13.0. The number of amides is 1. The smallest absolute Gasteiger partial charge is 0.279 e. The van der Waals surface area contributed by atoms with Crippen LogP contribution in [0.1, 0.15) is 43.2 Å². The van der Waals surface area contributed by atoms with Crippen molar-refractivity contribution >= 4 is 33.1 Å². The van der Waals surface area contributed by atoms with Crippen LogP contribution in [0.25, 0.3) is 10.2 Å². The van der Waals surface area contributed by atoms with E-state index in [1.54, 1.807) is 42.5 Å². The van der Waals surface area contributed by atoms with Crippen LogP contribution in [0.4, 0.5) is 5.69 Å². The van der Waals surface area contributed by atoms with Crippen LogP contribution in [0.5, 0.6) is 5.75 Å². The lowest BCUT2D eigenvalue weighted by Crippen LogP contribution is -2.34. The number of benzene rings is 1. The van der Waals surface area contributed by atoms with Gasteiger partial charge in [0.25, 0.3) is 5.56 Å². The highest BCUT2D eigenvalue weighted by Crippen LogP contribution is 2.33. The highest BCUT2D eigenvalue weighted by molar-refractivity contribution is 7.18. The zero-order chi connectivity index (χ0) is 19.7. The highest BCUT2D eigenvalue weighted by atomic mass is 32.1. The Morgan fingerprint density at radius 1 is 1.29 bits per heavy atom. The maximum absolute atomic E-state index is 13.0.